The van der Waals surface area contributed by atoms with Crippen molar-refractivity contribution in [1.82, 2.24) is 20.4 Å². The molecule has 0 spiro atoms. The summed E-state index contributed by atoms with van der Waals surface area (Å²) >= 11 is 0. The van der Waals surface area contributed by atoms with Crippen LogP contribution in [-0.4, -0.2) is 70.7 Å². The van der Waals surface area contributed by atoms with Crippen LogP contribution in [0.25, 0.3) is 0 Å². The van der Waals surface area contributed by atoms with Gasteiger partial charge in [0.2, 0.25) is 17.7 Å². The zero-order valence-electron chi connectivity index (χ0n) is 14.3. The molecule has 4 amide bonds. The van der Waals surface area contributed by atoms with Gasteiger partial charge >= 0.3 is 0 Å². The molecule has 0 radical (unpaired) electrons. The van der Waals surface area contributed by atoms with E-state index in [1.54, 1.807) is 12.1 Å². The number of nitrogens with zero attached hydrogens (tertiary/aromatic N) is 2. The minimum Gasteiger partial charge on any atom is -0.459 e. The molecule has 0 aromatic carbocycles. The normalized spacial score (nSPS) is 30.5. The van der Waals surface area contributed by atoms with Crippen LogP contribution in [0.3, 0.4) is 0 Å². The van der Waals surface area contributed by atoms with E-state index in [2.05, 4.69) is 10.6 Å². The predicted octanol–water partition coefficient (Wildman–Crippen LogP) is -0.902. The Morgan fingerprint density at radius 1 is 1.35 bits per heavy atom. The Labute approximate surface area is 149 Å². The first kappa shape index (κ1) is 16.6. The van der Waals surface area contributed by atoms with Gasteiger partial charge in [-0.15, -0.1) is 0 Å². The first-order chi connectivity index (χ1) is 12.5. The van der Waals surface area contributed by atoms with Gasteiger partial charge in [-0.25, -0.2) is 0 Å². The molecule has 1 aromatic rings. The van der Waals surface area contributed by atoms with Gasteiger partial charge in [0.15, 0.2) is 5.76 Å². The van der Waals surface area contributed by atoms with Crippen molar-refractivity contribution >= 4 is 23.6 Å². The van der Waals surface area contributed by atoms with Crippen LogP contribution in [0.2, 0.25) is 0 Å². The Balaban J connectivity index is 1.59. The molecule has 4 heterocycles. The third kappa shape index (κ3) is 2.63. The van der Waals surface area contributed by atoms with Crippen molar-refractivity contribution in [3.05, 3.63) is 24.2 Å². The highest BCUT2D eigenvalue weighted by Crippen LogP contribution is 2.30. The SMILES string of the molecule is CC(=O)NC1CC2C(=O)NC3CCN(C(=O)c4ccco4)C3C(=O)N2C1. The minimum atomic E-state index is -0.752. The van der Waals surface area contributed by atoms with Gasteiger partial charge in [-0.1, -0.05) is 0 Å². The first-order valence-electron chi connectivity index (χ1n) is 8.68. The van der Waals surface area contributed by atoms with Crippen molar-refractivity contribution in [2.24, 2.45) is 0 Å². The largest absolute Gasteiger partial charge is 0.459 e. The second-order valence-electron chi connectivity index (χ2n) is 6.96. The van der Waals surface area contributed by atoms with Crippen molar-refractivity contribution in [3.8, 4) is 0 Å². The average molecular weight is 360 g/mol. The molecule has 0 saturated carbocycles. The van der Waals surface area contributed by atoms with Crippen LogP contribution in [-0.2, 0) is 14.4 Å². The molecule has 9 heteroatoms. The monoisotopic (exact) mass is 360 g/mol. The Kier molecular flexibility index (Phi) is 3.93. The number of fused-ring (bicyclic) bond motifs is 2. The molecule has 138 valence electrons. The summed E-state index contributed by atoms with van der Waals surface area (Å²) in [5.41, 5.74) is 0. The Morgan fingerprint density at radius 3 is 2.85 bits per heavy atom. The highest BCUT2D eigenvalue weighted by molar-refractivity contribution is 5.99. The van der Waals surface area contributed by atoms with Gasteiger partial charge in [0.25, 0.3) is 5.91 Å². The summed E-state index contributed by atoms with van der Waals surface area (Å²) in [4.78, 5) is 52.7. The maximum Gasteiger partial charge on any atom is 0.290 e. The lowest BCUT2D eigenvalue weighted by Gasteiger charge is -2.28. The van der Waals surface area contributed by atoms with E-state index < -0.39 is 18.1 Å². The molecule has 3 fully saturated rings. The van der Waals surface area contributed by atoms with Crippen LogP contribution in [0.15, 0.2) is 22.8 Å². The molecular weight excluding hydrogens is 340 g/mol. The van der Waals surface area contributed by atoms with Crippen molar-refractivity contribution in [2.45, 2.75) is 43.9 Å². The summed E-state index contributed by atoms with van der Waals surface area (Å²) in [6.07, 6.45) is 2.30. The summed E-state index contributed by atoms with van der Waals surface area (Å²) in [5.74, 6) is -0.882. The molecule has 2 N–H and O–H groups in total. The molecule has 3 saturated heterocycles. The van der Waals surface area contributed by atoms with Crippen LogP contribution < -0.4 is 10.6 Å². The Bertz CT molecular complexity index is 761. The van der Waals surface area contributed by atoms with Crippen molar-refractivity contribution < 1.29 is 23.6 Å². The average Bonchev–Trinajstić information content (AvgIpc) is 3.31. The van der Waals surface area contributed by atoms with Gasteiger partial charge in [0.1, 0.15) is 12.1 Å². The molecule has 3 aliphatic heterocycles. The summed E-state index contributed by atoms with van der Waals surface area (Å²) in [5, 5.41) is 5.68. The summed E-state index contributed by atoms with van der Waals surface area (Å²) < 4.78 is 5.17. The lowest BCUT2D eigenvalue weighted by atomic mass is 10.1. The van der Waals surface area contributed by atoms with Gasteiger partial charge in [-0.3, -0.25) is 19.2 Å². The maximum absolute atomic E-state index is 13.2. The van der Waals surface area contributed by atoms with E-state index in [0.717, 1.165) is 0 Å². The van der Waals surface area contributed by atoms with Crippen molar-refractivity contribution in [2.75, 3.05) is 13.1 Å². The highest BCUT2D eigenvalue weighted by atomic mass is 16.3. The number of likely N-dealkylation sites (tertiary alicyclic amines) is 1. The number of carbonyl (C=O) groups is 4. The summed E-state index contributed by atoms with van der Waals surface area (Å²) in [6.45, 7) is 2.04. The van der Waals surface area contributed by atoms with Gasteiger partial charge in [-0.2, -0.15) is 0 Å². The van der Waals surface area contributed by atoms with Gasteiger partial charge in [-0.05, 0) is 25.0 Å². The first-order valence-corrected chi connectivity index (χ1v) is 8.68. The molecule has 3 aliphatic rings. The van der Waals surface area contributed by atoms with Crippen LogP contribution >= 0.6 is 0 Å². The third-order valence-electron chi connectivity index (χ3n) is 5.27. The molecule has 4 rings (SSSR count). The fourth-order valence-corrected chi connectivity index (χ4v) is 4.19. The standard InChI is InChI=1S/C17H20N4O5/c1-9(22)18-10-7-12-15(23)19-11-4-5-20(14(11)17(25)21(12)8-10)16(24)13-3-2-6-26-13/h2-3,6,10-12,14H,4-5,7-8H2,1H3,(H,18,22)(H,19,23). The predicted molar refractivity (Wildman–Crippen MR) is 87.8 cm³/mol. The number of rotatable bonds is 2. The zero-order chi connectivity index (χ0) is 18.4. The fraction of sp³-hybridized carbons (Fsp3) is 0.529. The topological polar surface area (TPSA) is 112 Å². The molecule has 4 unspecified atom stereocenters. The zero-order valence-corrected chi connectivity index (χ0v) is 14.3. The molecule has 9 nitrogen and oxygen atoms in total. The van der Waals surface area contributed by atoms with Gasteiger partial charge in [0, 0.05) is 26.1 Å². The number of carbonyl (C=O) groups excluding carboxylic acids is 4. The summed E-state index contributed by atoms with van der Waals surface area (Å²) in [7, 11) is 0. The highest BCUT2D eigenvalue weighted by Gasteiger charge is 2.52. The molecular formula is C17H20N4O5. The van der Waals surface area contributed by atoms with E-state index >= 15 is 0 Å². The van der Waals surface area contributed by atoms with Crippen LogP contribution in [0.1, 0.15) is 30.3 Å². The van der Waals surface area contributed by atoms with Crippen LogP contribution in [0.4, 0.5) is 0 Å². The van der Waals surface area contributed by atoms with Crippen LogP contribution in [0.5, 0.6) is 0 Å². The number of hydrogen-bond donors (Lipinski definition) is 2. The number of amides is 4. The molecule has 26 heavy (non-hydrogen) atoms. The van der Waals surface area contributed by atoms with E-state index in [4.69, 9.17) is 4.42 Å². The maximum atomic E-state index is 13.2. The Morgan fingerprint density at radius 2 is 2.15 bits per heavy atom. The quantitative estimate of drug-likeness (QED) is 0.710. The number of nitrogens with one attached hydrogen (secondary N) is 2. The fourth-order valence-electron chi connectivity index (χ4n) is 4.19. The van der Waals surface area contributed by atoms with Crippen molar-refractivity contribution in [1.29, 1.82) is 0 Å². The molecule has 4 atom stereocenters. The van der Waals surface area contributed by atoms with Crippen LogP contribution in [0, 0.1) is 0 Å². The van der Waals surface area contributed by atoms with E-state index in [1.165, 1.54) is 23.0 Å². The minimum absolute atomic E-state index is 0.170. The van der Waals surface area contributed by atoms with Crippen molar-refractivity contribution in [3.63, 3.8) is 0 Å². The van der Waals surface area contributed by atoms with E-state index in [-0.39, 0.29) is 42.0 Å². The van der Waals surface area contributed by atoms with Gasteiger partial charge < -0.3 is 24.9 Å². The second-order valence-corrected chi connectivity index (χ2v) is 6.96. The molecule has 0 bridgehead atoms. The van der Waals surface area contributed by atoms with E-state index in [0.29, 0.717) is 19.4 Å². The second kappa shape index (κ2) is 6.15. The molecule has 1 aromatic heterocycles. The molecule has 0 aliphatic carbocycles. The Hall–Kier alpha value is -2.84. The third-order valence-corrected chi connectivity index (χ3v) is 5.27. The van der Waals surface area contributed by atoms with E-state index in [9.17, 15) is 19.2 Å². The smallest absolute Gasteiger partial charge is 0.290 e. The lowest BCUT2D eigenvalue weighted by Crippen LogP contribution is -2.52. The number of furan rings is 1. The number of hydrogen-bond acceptors (Lipinski definition) is 5. The lowest BCUT2D eigenvalue weighted by molar-refractivity contribution is -0.138. The van der Waals surface area contributed by atoms with E-state index in [1.807, 2.05) is 0 Å². The summed E-state index contributed by atoms with van der Waals surface area (Å²) in [6, 6.07) is 1.13. The van der Waals surface area contributed by atoms with Gasteiger partial charge in [0.05, 0.1) is 12.3 Å².